The van der Waals surface area contributed by atoms with Gasteiger partial charge in [0.25, 0.3) is 0 Å². The molecule has 1 aliphatic rings. The van der Waals surface area contributed by atoms with Crippen molar-refractivity contribution in [2.24, 2.45) is 17.1 Å². The molecule has 1 atom stereocenters. The van der Waals surface area contributed by atoms with Crippen molar-refractivity contribution in [2.75, 3.05) is 40.3 Å². The monoisotopic (exact) mass is 268 g/mol. The van der Waals surface area contributed by atoms with Crippen molar-refractivity contribution >= 4 is 5.84 Å². The molecule has 1 unspecified atom stereocenters. The Hall–Kier alpha value is -0.610. The zero-order chi connectivity index (χ0) is 14.5. The lowest BCUT2D eigenvalue weighted by Gasteiger charge is -2.24. The van der Waals surface area contributed by atoms with E-state index in [-0.39, 0.29) is 5.41 Å². The molecule has 0 spiro atoms. The minimum absolute atomic E-state index is 0.132. The third-order valence-corrected chi connectivity index (χ3v) is 4.38. The van der Waals surface area contributed by atoms with Crippen LogP contribution in [-0.2, 0) is 0 Å². The second kappa shape index (κ2) is 7.25. The van der Waals surface area contributed by atoms with E-state index in [4.69, 9.17) is 11.1 Å². The standard InChI is InChI=1S/C15H32N4/c1-15(2,14(16)17)8-5-6-9-18(3)11-13-7-10-19(4)12-13/h13H,5-12H2,1-4H3,(H3,16,17). The molecule has 0 aromatic heterocycles. The van der Waals surface area contributed by atoms with Gasteiger partial charge in [0, 0.05) is 18.5 Å². The Morgan fingerprint density at radius 3 is 2.63 bits per heavy atom. The summed E-state index contributed by atoms with van der Waals surface area (Å²) in [6.07, 6.45) is 4.72. The Bertz CT molecular complexity index is 288. The van der Waals surface area contributed by atoms with Gasteiger partial charge in [-0.25, -0.2) is 0 Å². The van der Waals surface area contributed by atoms with E-state index >= 15 is 0 Å². The molecule has 0 amide bonds. The highest BCUT2D eigenvalue weighted by molar-refractivity contribution is 5.82. The van der Waals surface area contributed by atoms with Crippen molar-refractivity contribution in [1.29, 1.82) is 5.41 Å². The van der Waals surface area contributed by atoms with Crippen LogP contribution in [0, 0.1) is 16.7 Å². The van der Waals surface area contributed by atoms with Gasteiger partial charge in [-0.15, -0.1) is 0 Å². The van der Waals surface area contributed by atoms with E-state index in [9.17, 15) is 0 Å². The van der Waals surface area contributed by atoms with Crippen LogP contribution in [0.3, 0.4) is 0 Å². The van der Waals surface area contributed by atoms with Crippen LogP contribution in [0.5, 0.6) is 0 Å². The van der Waals surface area contributed by atoms with Crippen molar-refractivity contribution in [3.05, 3.63) is 0 Å². The fraction of sp³-hybridized carbons (Fsp3) is 0.933. The van der Waals surface area contributed by atoms with Gasteiger partial charge < -0.3 is 15.5 Å². The summed E-state index contributed by atoms with van der Waals surface area (Å²) in [7, 11) is 4.44. The first-order valence-electron chi connectivity index (χ1n) is 7.53. The molecule has 1 aliphatic heterocycles. The summed E-state index contributed by atoms with van der Waals surface area (Å²) >= 11 is 0. The average Bonchev–Trinajstić information content (AvgIpc) is 2.70. The molecule has 1 rings (SSSR count). The van der Waals surface area contributed by atoms with Gasteiger partial charge >= 0.3 is 0 Å². The number of amidine groups is 1. The predicted molar refractivity (Wildman–Crippen MR) is 82.6 cm³/mol. The number of nitrogens with one attached hydrogen (secondary N) is 1. The first-order valence-corrected chi connectivity index (χ1v) is 7.53. The fourth-order valence-electron chi connectivity index (χ4n) is 2.79. The van der Waals surface area contributed by atoms with E-state index in [1.807, 2.05) is 0 Å². The highest BCUT2D eigenvalue weighted by Gasteiger charge is 2.22. The quantitative estimate of drug-likeness (QED) is 0.402. The van der Waals surface area contributed by atoms with E-state index < -0.39 is 0 Å². The maximum atomic E-state index is 7.55. The van der Waals surface area contributed by atoms with Crippen LogP contribution in [0.2, 0.25) is 0 Å². The highest BCUT2D eigenvalue weighted by atomic mass is 15.1. The Morgan fingerprint density at radius 2 is 2.11 bits per heavy atom. The van der Waals surface area contributed by atoms with Crippen molar-refractivity contribution < 1.29 is 0 Å². The molecular formula is C15H32N4. The molecule has 0 radical (unpaired) electrons. The highest BCUT2D eigenvalue weighted by Crippen LogP contribution is 2.22. The van der Waals surface area contributed by atoms with Crippen LogP contribution in [0.1, 0.15) is 39.5 Å². The lowest BCUT2D eigenvalue weighted by Crippen LogP contribution is -2.31. The zero-order valence-electron chi connectivity index (χ0n) is 13.2. The van der Waals surface area contributed by atoms with Gasteiger partial charge in [-0.1, -0.05) is 20.3 Å². The number of hydrogen-bond donors (Lipinski definition) is 2. The number of hydrogen-bond acceptors (Lipinski definition) is 3. The van der Waals surface area contributed by atoms with Gasteiger partial charge in [-0.2, -0.15) is 0 Å². The Balaban J connectivity index is 2.10. The third-order valence-electron chi connectivity index (χ3n) is 4.38. The van der Waals surface area contributed by atoms with E-state index in [0.29, 0.717) is 5.84 Å². The molecule has 0 saturated carbocycles. The van der Waals surface area contributed by atoms with Gasteiger partial charge in [0.2, 0.25) is 0 Å². The number of rotatable bonds is 8. The summed E-state index contributed by atoms with van der Waals surface area (Å²) in [5.74, 6) is 1.17. The van der Waals surface area contributed by atoms with Gasteiger partial charge in [0.15, 0.2) is 0 Å². The second-order valence-electron chi connectivity index (χ2n) is 6.93. The van der Waals surface area contributed by atoms with Gasteiger partial charge in [-0.3, -0.25) is 5.41 Å². The van der Waals surface area contributed by atoms with Crippen LogP contribution in [-0.4, -0.2) is 55.9 Å². The first kappa shape index (κ1) is 16.4. The Labute approximate surface area is 118 Å². The molecule has 4 nitrogen and oxygen atoms in total. The van der Waals surface area contributed by atoms with E-state index in [1.54, 1.807) is 0 Å². The summed E-state index contributed by atoms with van der Waals surface area (Å²) in [4.78, 5) is 4.89. The van der Waals surface area contributed by atoms with E-state index in [1.165, 1.54) is 32.5 Å². The van der Waals surface area contributed by atoms with Gasteiger partial charge in [-0.05, 0) is 52.4 Å². The minimum atomic E-state index is -0.132. The van der Waals surface area contributed by atoms with Crippen LogP contribution < -0.4 is 5.73 Å². The van der Waals surface area contributed by atoms with Crippen LogP contribution >= 0.6 is 0 Å². The molecule has 112 valence electrons. The number of nitrogens with two attached hydrogens (primary N) is 1. The topological polar surface area (TPSA) is 56.4 Å². The predicted octanol–water partition coefficient (Wildman–Crippen LogP) is 2.00. The largest absolute Gasteiger partial charge is 0.387 e. The maximum absolute atomic E-state index is 7.55. The third kappa shape index (κ3) is 5.91. The molecule has 3 N–H and O–H groups in total. The molecule has 19 heavy (non-hydrogen) atoms. The summed E-state index contributed by atoms with van der Waals surface area (Å²) < 4.78 is 0. The van der Waals surface area contributed by atoms with Gasteiger partial charge in [0.05, 0.1) is 5.84 Å². The van der Waals surface area contributed by atoms with Gasteiger partial charge in [0.1, 0.15) is 0 Å². The van der Waals surface area contributed by atoms with Crippen LogP contribution in [0.4, 0.5) is 0 Å². The Kier molecular flexibility index (Phi) is 6.27. The average molecular weight is 268 g/mol. The molecule has 4 heteroatoms. The molecular weight excluding hydrogens is 236 g/mol. The maximum Gasteiger partial charge on any atom is 0.0963 e. The first-order chi connectivity index (χ1) is 8.81. The second-order valence-corrected chi connectivity index (χ2v) is 6.93. The fourth-order valence-corrected chi connectivity index (χ4v) is 2.79. The van der Waals surface area contributed by atoms with Crippen LogP contribution in [0.15, 0.2) is 0 Å². The van der Waals surface area contributed by atoms with Crippen molar-refractivity contribution in [1.82, 2.24) is 9.80 Å². The van der Waals surface area contributed by atoms with Crippen molar-refractivity contribution in [2.45, 2.75) is 39.5 Å². The lowest BCUT2D eigenvalue weighted by molar-refractivity contribution is 0.265. The number of nitrogens with zero attached hydrogens (tertiary/aromatic N) is 2. The summed E-state index contributed by atoms with van der Waals surface area (Å²) in [6.45, 7) is 9.02. The normalized spacial score (nSPS) is 21.2. The van der Waals surface area contributed by atoms with Crippen LogP contribution in [0.25, 0.3) is 0 Å². The molecule has 0 aromatic carbocycles. The summed E-state index contributed by atoms with van der Waals surface area (Å²) in [6, 6.07) is 0. The molecule has 1 heterocycles. The molecule has 0 bridgehead atoms. The van der Waals surface area contributed by atoms with E-state index in [2.05, 4.69) is 37.7 Å². The summed E-state index contributed by atoms with van der Waals surface area (Å²) in [5, 5.41) is 7.55. The molecule has 1 saturated heterocycles. The van der Waals surface area contributed by atoms with Crippen molar-refractivity contribution in [3.63, 3.8) is 0 Å². The number of likely N-dealkylation sites (tertiary alicyclic amines) is 1. The smallest absolute Gasteiger partial charge is 0.0963 e. The minimum Gasteiger partial charge on any atom is -0.387 e. The van der Waals surface area contributed by atoms with Crippen molar-refractivity contribution in [3.8, 4) is 0 Å². The molecule has 0 aromatic rings. The Morgan fingerprint density at radius 1 is 1.42 bits per heavy atom. The molecule has 0 aliphatic carbocycles. The number of unbranched alkanes of at least 4 members (excludes halogenated alkanes) is 1. The SMILES string of the molecule is CN(CCCCC(C)(C)C(=N)N)CC1CCN(C)C1. The lowest BCUT2D eigenvalue weighted by atomic mass is 9.86. The van der Waals surface area contributed by atoms with E-state index in [0.717, 1.165) is 25.3 Å². The zero-order valence-corrected chi connectivity index (χ0v) is 13.2. The summed E-state index contributed by atoms with van der Waals surface area (Å²) in [5.41, 5.74) is 5.47. The molecule has 1 fully saturated rings.